The molecule has 0 bridgehead atoms. The SMILES string of the molecule is CC(C)(C)OC(=O)NC(Cc1ccccc1)C(=O)C(C#N)=P(c1ccccc1)(c1ccccc1)c1ccccc1. The lowest BCUT2D eigenvalue weighted by atomic mass is 10.0. The zero-order valence-corrected chi connectivity index (χ0v) is 23.8. The first-order chi connectivity index (χ1) is 19.3. The number of rotatable bonds is 8. The largest absolute Gasteiger partial charge is 0.444 e. The van der Waals surface area contributed by atoms with Gasteiger partial charge in [-0.15, -0.1) is 0 Å². The van der Waals surface area contributed by atoms with Gasteiger partial charge in [-0.3, -0.25) is 4.79 Å². The Labute approximate surface area is 236 Å². The molecule has 0 aliphatic rings. The van der Waals surface area contributed by atoms with Gasteiger partial charge in [0.25, 0.3) is 0 Å². The monoisotopic (exact) mass is 548 g/mol. The minimum Gasteiger partial charge on any atom is -0.444 e. The molecule has 0 radical (unpaired) electrons. The number of carbonyl (C=O) groups is 2. The number of nitriles is 1. The predicted molar refractivity (Wildman–Crippen MR) is 164 cm³/mol. The van der Waals surface area contributed by atoms with Crippen LogP contribution in [-0.2, 0) is 16.0 Å². The van der Waals surface area contributed by atoms with Crippen molar-refractivity contribution in [2.45, 2.75) is 38.8 Å². The zero-order valence-electron chi connectivity index (χ0n) is 23.0. The maximum atomic E-state index is 14.6. The number of ether oxygens (including phenoxy) is 1. The molecule has 1 atom stereocenters. The van der Waals surface area contributed by atoms with Crippen LogP contribution in [0.4, 0.5) is 4.79 Å². The van der Waals surface area contributed by atoms with Crippen LogP contribution in [-0.4, -0.2) is 28.8 Å². The molecule has 0 heterocycles. The minimum absolute atomic E-state index is 0.119. The summed E-state index contributed by atoms with van der Waals surface area (Å²) in [5.74, 6) is -0.429. The van der Waals surface area contributed by atoms with Crippen molar-refractivity contribution in [2.24, 2.45) is 0 Å². The van der Waals surface area contributed by atoms with Crippen LogP contribution in [0.3, 0.4) is 0 Å². The van der Waals surface area contributed by atoms with Crippen molar-refractivity contribution in [2.75, 3.05) is 0 Å². The van der Waals surface area contributed by atoms with Gasteiger partial charge in [-0.25, -0.2) is 4.79 Å². The number of hydrogen-bond donors (Lipinski definition) is 1. The molecule has 4 aromatic rings. The number of hydrogen-bond acceptors (Lipinski definition) is 4. The second-order valence-electron chi connectivity index (χ2n) is 10.4. The summed E-state index contributed by atoms with van der Waals surface area (Å²) in [6, 6.07) is 40.0. The Hall–Kier alpha value is -4.39. The van der Waals surface area contributed by atoms with Crippen LogP contribution in [0.1, 0.15) is 26.3 Å². The first-order valence-electron chi connectivity index (χ1n) is 13.2. The lowest BCUT2D eigenvalue weighted by Gasteiger charge is -2.31. The number of amides is 1. The Morgan fingerprint density at radius 1 is 0.750 bits per heavy atom. The Morgan fingerprint density at radius 3 is 1.52 bits per heavy atom. The van der Waals surface area contributed by atoms with Gasteiger partial charge in [-0.05, 0) is 49.1 Å². The summed E-state index contributed by atoms with van der Waals surface area (Å²) in [5.41, 5.74) is 0.110. The maximum absolute atomic E-state index is 14.6. The second kappa shape index (κ2) is 12.6. The summed E-state index contributed by atoms with van der Waals surface area (Å²) in [4.78, 5) is 27.6. The smallest absolute Gasteiger partial charge is 0.408 e. The van der Waals surface area contributed by atoms with Crippen LogP contribution in [0, 0.1) is 11.3 Å². The van der Waals surface area contributed by atoms with Gasteiger partial charge in [-0.2, -0.15) is 5.26 Å². The number of nitrogens with one attached hydrogen (secondary N) is 1. The zero-order chi connectivity index (χ0) is 28.6. The van der Waals surface area contributed by atoms with E-state index in [9.17, 15) is 14.9 Å². The van der Waals surface area contributed by atoms with Gasteiger partial charge >= 0.3 is 6.09 Å². The summed E-state index contributed by atoms with van der Waals surface area (Å²) in [5, 5.41) is 16.4. The molecule has 0 aliphatic carbocycles. The number of carbonyl (C=O) groups excluding carboxylic acids is 2. The van der Waals surface area contributed by atoms with E-state index in [0.717, 1.165) is 21.5 Å². The highest BCUT2D eigenvalue weighted by Crippen LogP contribution is 2.46. The van der Waals surface area contributed by atoms with Gasteiger partial charge in [0.2, 0.25) is 0 Å². The van der Waals surface area contributed by atoms with E-state index in [1.807, 2.05) is 121 Å². The molecule has 0 fully saturated rings. The lowest BCUT2D eigenvalue weighted by Crippen LogP contribution is -2.48. The van der Waals surface area contributed by atoms with E-state index in [2.05, 4.69) is 11.4 Å². The van der Waals surface area contributed by atoms with Gasteiger partial charge in [0, 0.05) is 6.42 Å². The fraction of sp³-hybridized carbons (Fsp3) is 0.176. The van der Waals surface area contributed by atoms with Crippen LogP contribution >= 0.6 is 6.89 Å². The molecular formula is C34H33N2O3P. The summed E-state index contributed by atoms with van der Waals surface area (Å²) >= 11 is 0. The van der Waals surface area contributed by atoms with E-state index in [4.69, 9.17) is 4.74 Å². The van der Waals surface area contributed by atoms with E-state index in [-0.39, 0.29) is 11.7 Å². The quantitative estimate of drug-likeness (QED) is 0.300. The van der Waals surface area contributed by atoms with Gasteiger partial charge in [0.15, 0.2) is 5.78 Å². The molecule has 4 rings (SSSR count). The van der Waals surface area contributed by atoms with Crippen LogP contribution in [0.15, 0.2) is 121 Å². The normalized spacial score (nSPS) is 12.1. The van der Waals surface area contributed by atoms with Crippen molar-refractivity contribution >= 4 is 40.0 Å². The third-order valence-electron chi connectivity index (χ3n) is 6.40. The van der Waals surface area contributed by atoms with Gasteiger partial charge in [-0.1, -0.05) is 121 Å². The molecule has 0 spiro atoms. The Morgan fingerprint density at radius 2 is 1.15 bits per heavy atom. The van der Waals surface area contributed by atoms with Gasteiger partial charge in [0.1, 0.15) is 23.0 Å². The summed E-state index contributed by atoms with van der Waals surface area (Å²) < 4.78 is 5.52. The van der Waals surface area contributed by atoms with Crippen molar-refractivity contribution < 1.29 is 14.3 Å². The lowest BCUT2D eigenvalue weighted by molar-refractivity contribution is -0.114. The number of alkyl carbamates (subject to hydrolysis) is 1. The van der Waals surface area contributed by atoms with Crippen LogP contribution in [0.5, 0.6) is 0 Å². The molecule has 0 saturated heterocycles. The standard InChI is InChI=1S/C34H33N2O3P/c1-34(2,3)39-33(38)36-30(24-26-16-8-4-9-17-26)32(37)31(25-35)40(27-18-10-5-11-19-27,28-20-12-6-13-21-28)29-22-14-7-15-23-29/h4-23,30H,24H2,1-3H3,(H,36,38). The van der Waals surface area contributed by atoms with Crippen molar-refractivity contribution in [3.05, 3.63) is 127 Å². The number of nitrogens with zero attached hydrogens (tertiary/aromatic N) is 1. The maximum Gasteiger partial charge on any atom is 0.408 e. The summed E-state index contributed by atoms with van der Waals surface area (Å²) in [6.45, 7) is 2.36. The topological polar surface area (TPSA) is 79.2 Å². The molecule has 0 saturated carbocycles. The third kappa shape index (κ3) is 6.42. The van der Waals surface area contributed by atoms with Crippen LogP contribution in [0.2, 0.25) is 0 Å². The average molecular weight is 549 g/mol. The number of Topliss-reactive ketones (excluding diaryl/α,β-unsaturated/α-hetero) is 1. The Balaban J connectivity index is 2.01. The van der Waals surface area contributed by atoms with Crippen molar-refractivity contribution in [1.29, 1.82) is 5.26 Å². The highest BCUT2D eigenvalue weighted by molar-refractivity contribution is 7.97. The fourth-order valence-electron chi connectivity index (χ4n) is 4.76. The molecular weight excluding hydrogens is 515 g/mol. The molecule has 1 unspecified atom stereocenters. The van der Waals surface area contributed by atoms with E-state index >= 15 is 0 Å². The van der Waals surface area contributed by atoms with Gasteiger partial charge in [0.05, 0.1) is 0 Å². The van der Waals surface area contributed by atoms with Gasteiger partial charge < -0.3 is 10.1 Å². The van der Waals surface area contributed by atoms with E-state index in [1.54, 1.807) is 20.8 Å². The van der Waals surface area contributed by atoms with Crippen molar-refractivity contribution in [3.63, 3.8) is 0 Å². The van der Waals surface area contributed by atoms with E-state index in [1.165, 1.54) is 0 Å². The average Bonchev–Trinajstić information content (AvgIpc) is 2.96. The molecule has 0 aliphatic heterocycles. The molecule has 1 N–H and O–H groups in total. The molecule has 5 nitrogen and oxygen atoms in total. The van der Waals surface area contributed by atoms with Crippen molar-refractivity contribution in [3.8, 4) is 6.07 Å². The van der Waals surface area contributed by atoms with Crippen molar-refractivity contribution in [1.82, 2.24) is 5.32 Å². The number of ketones is 1. The molecule has 6 heteroatoms. The molecule has 40 heavy (non-hydrogen) atoms. The van der Waals surface area contributed by atoms with Crippen LogP contribution in [0.25, 0.3) is 0 Å². The molecule has 0 aromatic heterocycles. The molecule has 202 valence electrons. The molecule has 4 aromatic carbocycles. The Kier molecular flexibility index (Phi) is 9.04. The number of benzene rings is 4. The first-order valence-corrected chi connectivity index (χ1v) is 15.0. The predicted octanol–water partition coefficient (Wildman–Crippen LogP) is 5.38. The second-order valence-corrected chi connectivity index (χ2v) is 13.7. The van der Waals surface area contributed by atoms with Crippen LogP contribution < -0.4 is 21.2 Å². The fourth-order valence-corrected chi connectivity index (χ4v) is 8.92. The first kappa shape index (κ1) is 28.6. The van der Waals surface area contributed by atoms with E-state index in [0.29, 0.717) is 0 Å². The minimum atomic E-state index is -2.95. The third-order valence-corrected chi connectivity index (χ3v) is 10.6. The molecule has 1 amide bonds. The Bertz CT molecular complexity index is 1440. The summed E-state index contributed by atoms with van der Waals surface area (Å²) in [7, 11) is 0. The summed E-state index contributed by atoms with van der Waals surface area (Å²) in [6.07, 6.45) is -0.496. The highest BCUT2D eigenvalue weighted by atomic mass is 31.2. The van der Waals surface area contributed by atoms with E-state index < -0.39 is 30.4 Å². The highest BCUT2D eigenvalue weighted by Gasteiger charge is 2.37.